The van der Waals surface area contributed by atoms with E-state index in [1.54, 1.807) is 0 Å². The molecule has 0 aliphatic heterocycles. The van der Waals surface area contributed by atoms with Crippen LogP contribution in [0.5, 0.6) is 0 Å². The molecule has 0 aliphatic carbocycles. The molecule has 3 heteroatoms. The quantitative estimate of drug-likeness (QED) is 0.781. The molecule has 0 amide bonds. The minimum atomic E-state index is 0.667. The molecule has 0 N–H and O–H groups in total. The van der Waals surface area contributed by atoms with E-state index in [0.29, 0.717) is 5.56 Å². The lowest BCUT2D eigenvalue weighted by atomic mass is 10.1. The zero-order valence-electron chi connectivity index (χ0n) is 11.3. The second-order valence-electron chi connectivity index (χ2n) is 4.63. The van der Waals surface area contributed by atoms with Crippen LogP contribution in [-0.2, 0) is 0 Å². The van der Waals surface area contributed by atoms with E-state index in [1.165, 1.54) is 0 Å². The highest BCUT2D eigenvalue weighted by Crippen LogP contribution is 2.22. The van der Waals surface area contributed by atoms with Gasteiger partial charge in [-0.05, 0) is 26.0 Å². The van der Waals surface area contributed by atoms with Gasteiger partial charge in [0.15, 0.2) is 0 Å². The summed E-state index contributed by atoms with van der Waals surface area (Å²) in [6, 6.07) is 11.8. The van der Waals surface area contributed by atoms with Crippen molar-refractivity contribution in [2.24, 2.45) is 0 Å². The Balaban J connectivity index is 2.55. The monoisotopic (exact) mass is 251 g/mol. The van der Waals surface area contributed by atoms with Gasteiger partial charge in [0, 0.05) is 18.5 Å². The number of nitriles is 1. The van der Waals surface area contributed by atoms with Crippen molar-refractivity contribution in [3.63, 3.8) is 0 Å². The van der Waals surface area contributed by atoms with Crippen molar-refractivity contribution in [3.05, 3.63) is 48.0 Å². The summed E-state index contributed by atoms with van der Waals surface area (Å²) < 4.78 is 0. The number of benzene rings is 1. The van der Waals surface area contributed by atoms with Crippen LogP contribution in [0.2, 0.25) is 0 Å². The third-order valence-corrected chi connectivity index (χ3v) is 2.99. The van der Waals surface area contributed by atoms with Crippen molar-refractivity contribution < 1.29 is 0 Å². The van der Waals surface area contributed by atoms with Gasteiger partial charge in [-0.1, -0.05) is 30.4 Å². The van der Waals surface area contributed by atoms with Crippen LogP contribution in [0, 0.1) is 11.3 Å². The molecule has 96 valence electrons. The second-order valence-corrected chi connectivity index (χ2v) is 4.63. The average Bonchev–Trinajstić information content (AvgIpc) is 2.43. The molecule has 0 atom stereocenters. The van der Waals surface area contributed by atoms with Crippen molar-refractivity contribution in [1.82, 2.24) is 4.98 Å². The lowest BCUT2D eigenvalue weighted by Crippen LogP contribution is -2.25. The Morgan fingerprint density at radius 3 is 2.79 bits per heavy atom. The molecule has 0 aliphatic rings. The lowest BCUT2D eigenvalue weighted by Gasteiger charge is -2.22. The predicted octanol–water partition coefficient (Wildman–Crippen LogP) is 3.51. The van der Waals surface area contributed by atoms with Gasteiger partial charge in [-0.15, -0.1) is 0 Å². The SMILES string of the molecule is C=C(C)CN(CC)c1cc(C#N)c2ccccc2n1. The van der Waals surface area contributed by atoms with Gasteiger partial charge in [0.2, 0.25) is 0 Å². The van der Waals surface area contributed by atoms with Gasteiger partial charge in [-0.3, -0.25) is 0 Å². The van der Waals surface area contributed by atoms with Crippen LogP contribution in [0.4, 0.5) is 5.82 Å². The van der Waals surface area contributed by atoms with Gasteiger partial charge in [0.25, 0.3) is 0 Å². The molecule has 19 heavy (non-hydrogen) atoms. The molecule has 0 bridgehead atoms. The number of anilines is 1. The van der Waals surface area contributed by atoms with Crippen LogP contribution in [0.25, 0.3) is 10.9 Å². The Morgan fingerprint density at radius 1 is 1.42 bits per heavy atom. The zero-order chi connectivity index (χ0) is 13.8. The topological polar surface area (TPSA) is 39.9 Å². The van der Waals surface area contributed by atoms with Gasteiger partial charge in [0.1, 0.15) is 5.82 Å². The molecule has 0 radical (unpaired) electrons. The van der Waals surface area contributed by atoms with E-state index in [9.17, 15) is 5.26 Å². The summed E-state index contributed by atoms with van der Waals surface area (Å²) in [5.74, 6) is 0.834. The van der Waals surface area contributed by atoms with Crippen molar-refractivity contribution >= 4 is 16.7 Å². The maximum absolute atomic E-state index is 9.28. The Kier molecular flexibility index (Phi) is 3.82. The normalized spacial score (nSPS) is 10.2. The first-order chi connectivity index (χ1) is 9.15. The molecule has 1 heterocycles. The van der Waals surface area contributed by atoms with Crippen LogP contribution in [-0.4, -0.2) is 18.1 Å². The van der Waals surface area contributed by atoms with E-state index in [4.69, 9.17) is 0 Å². The number of likely N-dealkylation sites (N-methyl/N-ethyl adjacent to an activating group) is 1. The number of aromatic nitrogens is 1. The zero-order valence-corrected chi connectivity index (χ0v) is 11.3. The van der Waals surface area contributed by atoms with Gasteiger partial charge >= 0.3 is 0 Å². The van der Waals surface area contributed by atoms with Gasteiger partial charge in [-0.2, -0.15) is 5.26 Å². The fraction of sp³-hybridized carbons (Fsp3) is 0.250. The first-order valence-corrected chi connectivity index (χ1v) is 6.35. The van der Waals surface area contributed by atoms with Crippen LogP contribution in [0.3, 0.4) is 0 Å². The van der Waals surface area contributed by atoms with Crippen LogP contribution >= 0.6 is 0 Å². The summed E-state index contributed by atoms with van der Waals surface area (Å²) in [5, 5.41) is 10.2. The molecule has 0 fully saturated rings. The smallest absolute Gasteiger partial charge is 0.130 e. The Bertz CT molecular complexity index is 653. The third-order valence-electron chi connectivity index (χ3n) is 2.99. The number of hydrogen-bond donors (Lipinski definition) is 0. The highest BCUT2D eigenvalue weighted by atomic mass is 15.2. The highest BCUT2D eigenvalue weighted by molar-refractivity contribution is 5.86. The standard InChI is InChI=1S/C16H17N3/c1-4-19(11-12(2)3)16-9-13(10-17)14-7-5-6-8-15(14)18-16/h5-9H,2,4,11H2,1,3H3. The van der Waals surface area contributed by atoms with E-state index < -0.39 is 0 Å². The molecule has 3 nitrogen and oxygen atoms in total. The van der Waals surface area contributed by atoms with E-state index in [2.05, 4.69) is 29.5 Å². The van der Waals surface area contributed by atoms with Crippen molar-refractivity contribution in [1.29, 1.82) is 5.26 Å². The highest BCUT2D eigenvalue weighted by Gasteiger charge is 2.10. The summed E-state index contributed by atoms with van der Waals surface area (Å²) in [6.45, 7) is 9.60. The van der Waals surface area contributed by atoms with Crippen molar-refractivity contribution in [3.8, 4) is 6.07 Å². The molecule has 1 aromatic carbocycles. The first-order valence-electron chi connectivity index (χ1n) is 6.35. The summed E-state index contributed by atoms with van der Waals surface area (Å²) >= 11 is 0. The minimum absolute atomic E-state index is 0.667. The summed E-state index contributed by atoms with van der Waals surface area (Å²) in [7, 11) is 0. The van der Waals surface area contributed by atoms with Crippen LogP contribution < -0.4 is 4.90 Å². The molecule has 2 aromatic rings. The molecule has 0 unspecified atom stereocenters. The molecule has 0 saturated carbocycles. The molecule has 0 spiro atoms. The van der Waals surface area contributed by atoms with Gasteiger partial charge in [-0.25, -0.2) is 4.98 Å². The van der Waals surface area contributed by atoms with Crippen molar-refractivity contribution in [2.45, 2.75) is 13.8 Å². The van der Waals surface area contributed by atoms with Gasteiger partial charge in [0.05, 0.1) is 17.1 Å². The lowest BCUT2D eigenvalue weighted by molar-refractivity contribution is 0.863. The average molecular weight is 251 g/mol. The second kappa shape index (κ2) is 5.53. The fourth-order valence-electron chi connectivity index (χ4n) is 2.10. The minimum Gasteiger partial charge on any atom is -0.353 e. The Hall–Kier alpha value is -2.34. The molecular formula is C16H17N3. The van der Waals surface area contributed by atoms with Crippen LogP contribution in [0.15, 0.2) is 42.5 Å². The van der Waals surface area contributed by atoms with Crippen LogP contribution in [0.1, 0.15) is 19.4 Å². The summed E-state index contributed by atoms with van der Waals surface area (Å²) in [4.78, 5) is 6.76. The number of rotatable bonds is 4. The fourth-order valence-corrected chi connectivity index (χ4v) is 2.10. The Labute approximate surface area is 113 Å². The van der Waals surface area contributed by atoms with E-state index >= 15 is 0 Å². The number of hydrogen-bond acceptors (Lipinski definition) is 3. The molecule has 0 saturated heterocycles. The predicted molar refractivity (Wildman–Crippen MR) is 79.2 cm³/mol. The Morgan fingerprint density at radius 2 is 2.16 bits per heavy atom. The molecule has 2 rings (SSSR count). The molecule has 1 aromatic heterocycles. The summed E-state index contributed by atoms with van der Waals surface area (Å²) in [6.07, 6.45) is 0. The largest absolute Gasteiger partial charge is 0.353 e. The molecular weight excluding hydrogens is 234 g/mol. The number of pyridine rings is 1. The third kappa shape index (κ3) is 2.74. The van der Waals surface area contributed by atoms with E-state index in [0.717, 1.165) is 35.4 Å². The van der Waals surface area contributed by atoms with Crippen molar-refractivity contribution in [2.75, 3.05) is 18.0 Å². The maximum atomic E-state index is 9.28. The number of fused-ring (bicyclic) bond motifs is 1. The van der Waals surface area contributed by atoms with E-state index in [1.807, 2.05) is 37.3 Å². The van der Waals surface area contributed by atoms with Gasteiger partial charge < -0.3 is 4.90 Å². The number of nitrogens with zero attached hydrogens (tertiary/aromatic N) is 3. The summed E-state index contributed by atoms with van der Waals surface area (Å²) in [5.41, 5.74) is 2.60. The van der Waals surface area contributed by atoms with E-state index in [-0.39, 0.29) is 0 Å². The maximum Gasteiger partial charge on any atom is 0.130 e. The number of para-hydroxylation sites is 1. The first kappa shape index (κ1) is 13.1.